The molecule has 0 saturated heterocycles. The molecule has 0 bridgehead atoms. The van der Waals surface area contributed by atoms with Gasteiger partial charge in [0, 0.05) is 46.5 Å². The number of nitro benzene ring substituents is 2. The van der Waals surface area contributed by atoms with E-state index in [0.717, 1.165) is 11.1 Å². The predicted octanol–water partition coefficient (Wildman–Crippen LogP) is 4.92. The Bertz CT molecular complexity index is 1550. The minimum Gasteiger partial charge on any atom is -0.368 e. The molecule has 0 spiro atoms. The molecule has 0 atom stereocenters. The second kappa shape index (κ2) is 9.70. The smallest absolute Gasteiger partial charge is 0.269 e. The molecule has 0 aliphatic carbocycles. The molecule has 38 heavy (non-hydrogen) atoms. The van der Waals surface area contributed by atoms with Gasteiger partial charge in [0.2, 0.25) is 11.9 Å². The molecule has 12 heteroatoms. The zero-order valence-corrected chi connectivity index (χ0v) is 19.6. The summed E-state index contributed by atoms with van der Waals surface area (Å²) in [6.07, 6.45) is 0. The first-order chi connectivity index (χ1) is 18.3. The van der Waals surface area contributed by atoms with Gasteiger partial charge in [0.1, 0.15) is 0 Å². The first-order valence-electron chi connectivity index (χ1n) is 11.2. The van der Waals surface area contributed by atoms with Gasteiger partial charge in [-0.3, -0.25) is 20.2 Å². The number of nitro groups is 2. The van der Waals surface area contributed by atoms with Gasteiger partial charge >= 0.3 is 0 Å². The van der Waals surface area contributed by atoms with Crippen molar-refractivity contribution in [1.82, 2.24) is 19.9 Å². The van der Waals surface area contributed by atoms with Gasteiger partial charge in [-0.2, -0.15) is 0 Å². The number of aromatic nitrogens is 4. The van der Waals surface area contributed by atoms with E-state index in [0.29, 0.717) is 33.9 Å². The largest absolute Gasteiger partial charge is 0.368 e. The van der Waals surface area contributed by atoms with Crippen molar-refractivity contribution in [2.75, 3.05) is 11.5 Å². The number of anilines is 2. The predicted molar refractivity (Wildman–Crippen MR) is 141 cm³/mol. The highest BCUT2D eigenvalue weighted by molar-refractivity contribution is 5.74. The zero-order valence-electron chi connectivity index (χ0n) is 19.6. The fourth-order valence-electron chi connectivity index (χ4n) is 3.84. The highest BCUT2D eigenvalue weighted by Gasteiger charge is 2.12. The average Bonchev–Trinajstić information content (AvgIpc) is 2.92. The van der Waals surface area contributed by atoms with Gasteiger partial charge in [-0.15, -0.1) is 0 Å². The molecule has 0 aliphatic heterocycles. The lowest BCUT2D eigenvalue weighted by atomic mass is 10.0. The SMILES string of the molecule is Nc1nc(-c2ccc(-c3cc(-c4ccc([N+](=O)[O-])cc4)nc(N)n3)cc2)cc(-c2ccc([N+](=O)[O-])cc2)n1. The van der Waals surface area contributed by atoms with Crippen molar-refractivity contribution in [3.8, 4) is 45.0 Å². The monoisotopic (exact) mass is 506 g/mol. The second-order valence-corrected chi connectivity index (χ2v) is 8.18. The molecular formula is C26H18N8O4. The van der Waals surface area contributed by atoms with E-state index in [1.807, 2.05) is 24.3 Å². The summed E-state index contributed by atoms with van der Waals surface area (Å²) in [6, 6.07) is 22.9. The van der Waals surface area contributed by atoms with Crippen molar-refractivity contribution in [2.45, 2.75) is 0 Å². The summed E-state index contributed by atoms with van der Waals surface area (Å²) in [5.74, 6) is 0.132. The molecule has 0 unspecified atom stereocenters. The topological polar surface area (TPSA) is 190 Å². The molecule has 2 aromatic heterocycles. The molecule has 5 aromatic rings. The van der Waals surface area contributed by atoms with E-state index in [4.69, 9.17) is 11.5 Å². The lowest BCUT2D eigenvalue weighted by molar-refractivity contribution is -0.385. The summed E-state index contributed by atoms with van der Waals surface area (Å²) in [5, 5.41) is 21.9. The molecule has 12 nitrogen and oxygen atoms in total. The van der Waals surface area contributed by atoms with Crippen LogP contribution in [0.5, 0.6) is 0 Å². The van der Waals surface area contributed by atoms with Crippen LogP contribution in [0.4, 0.5) is 23.3 Å². The van der Waals surface area contributed by atoms with Crippen molar-refractivity contribution >= 4 is 23.3 Å². The molecule has 0 aliphatic rings. The van der Waals surface area contributed by atoms with Crippen LogP contribution in [-0.2, 0) is 0 Å². The van der Waals surface area contributed by atoms with E-state index in [1.165, 1.54) is 24.3 Å². The maximum absolute atomic E-state index is 10.9. The summed E-state index contributed by atoms with van der Waals surface area (Å²) < 4.78 is 0. The molecule has 5 rings (SSSR count). The number of rotatable bonds is 6. The lowest BCUT2D eigenvalue weighted by Gasteiger charge is -2.09. The molecule has 0 radical (unpaired) electrons. The summed E-state index contributed by atoms with van der Waals surface area (Å²) in [6.45, 7) is 0. The van der Waals surface area contributed by atoms with Gasteiger partial charge < -0.3 is 11.5 Å². The van der Waals surface area contributed by atoms with Crippen LogP contribution in [0.3, 0.4) is 0 Å². The Kier molecular flexibility index (Phi) is 6.11. The van der Waals surface area contributed by atoms with E-state index in [-0.39, 0.29) is 23.3 Å². The highest BCUT2D eigenvalue weighted by Crippen LogP contribution is 2.29. The van der Waals surface area contributed by atoms with Crippen LogP contribution >= 0.6 is 0 Å². The first kappa shape index (κ1) is 23.9. The maximum Gasteiger partial charge on any atom is 0.269 e. The maximum atomic E-state index is 10.9. The van der Waals surface area contributed by atoms with E-state index in [9.17, 15) is 20.2 Å². The van der Waals surface area contributed by atoms with Gasteiger partial charge in [0.25, 0.3) is 11.4 Å². The standard InChI is InChI=1S/C26H18N8O4/c27-25-29-21(13-23(31-25)17-5-9-19(10-6-17)33(35)36)15-1-2-16(4-3-15)22-14-24(32-26(28)30-22)18-7-11-20(12-8-18)34(37)38/h1-14H,(H2,27,29,31)(H2,28,30,32). The van der Waals surface area contributed by atoms with E-state index in [2.05, 4.69) is 19.9 Å². The fraction of sp³-hybridized carbons (Fsp3) is 0. The Morgan fingerprint density at radius 1 is 0.474 bits per heavy atom. The third kappa shape index (κ3) is 4.95. The summed E-state index contributed by atoms with van der Waals surface area (Å²) >= 11 is 0. The quantitative estimate of drug-likeness (QED) is 0.236. The number of nitrogens with zero attached hydrogens (tertiary/aromatic N) is 6. The first-order valence-corrected chi connectivity index (χ1v) is 11.2. The molecule has 2 heterocycles. The lowest BCUT2D eigenvalue weighted by Crippen LogP contribution is -2.00. The van der Waals surface area contributed by atoms with Gasteiger partial charge in [0.15, 0.2) is 0 Å². The van der Waals surface area contributed by atoms with Crippen molar-refractivity contribution in [3.63, 3.8) is 0 Å². The van der Waals surface area contributed by atoms with Crippen LogP contribution in [0.25, 0.3) is 45.0 Å². The number of hydrogen-bond donors (Lipinski definition) is 2. The molecule has 0 amide bonds. The second-order valence-electron chi connectivity index (χ2n) is 8.18. The van der Waals surface area contributed by atoms with Crippen molar-refractivity contribution in [1.29, 1.82) is 0 Å². The van der Waals surface area contributed by atoms with Crippen molar-refractivity contribution < 1.29 is 9.85 Å². The average molecular weight is 506 g/mol. The summed E-state index contributed by atoms with van der Waals surface area (Å²) in [4.78, 5) is 38.1. The van der Waals surface area contributed by atoms with E-state index < -0.39 is 9.85 Å². The third-order valence-corrected chi connectivity index (χ3v) is 5.71. The zero-order chi connectivity index (χ0) is 26.8. The molecule has 3 aromatic carbocycles. The minimum absolute atomic E-state index is 0.0197. The Hall–Kier alpha value is -5.78. The van der Waals surface area contributed by atoms with Gasteiger partial charge in [-0.05, 0) is 36.4 Å². The fourth-order valence-corrected chi connectivity index (χ4v) is 3.84. The Morgan fingerprint density at radius 3 is 0.947 bits per heavy atom. The van der Waals surface area contributed by atoms with E-state index in [1.54, 1.807) is 36.4 Å². The molecule has 0 fully saturated rings. The Labute approximate surface area is 215 Å². The van der Waals surface area contributed by atoms with Gasteiger partial charge in [0.05, 0.1) is 32.6 Å². The third-order valence-electron chi connectivity index (χ3n) is 5.71. The molecular weight excluding hydrogens is 488 g/mol. The van der Waals surface area contributed by atoms with E-state index >= 15 is 0 Å². The minimum atomic E-state index is -0.467. The highest BCUT2D eigenvalue weighted by atomic mass is 16.6. The molecule has 4 N–H and O–H groups in total. The van der Waals surface area contributed by atoms with Crippen LogP contribution in [0.1, 0.15) is 0 Å². The van der Waals surface area contributed by atoms with Crippen molar-refractivity contribution in [2.24, 2.45) is 0 Å². The van der Waals surface area contributed by atoms with Gasteiger partial charge in [-0.1, -0.05) is 24.3 Å². The Morgan fingerprint density at radius 2 is 0.711 bits per heavy atom. The number of hydrogen-bond acceptors (Lipinski definition) is 10. The van der Waals surface area contributed by atoms with Crippen LogP contribution in [0, 0.1) is 20.2 Å². The van der Waals surface area contributed by atoms with Crippen LogP contribution in [-0.4, -0.2) is 29.8 Å². The number of non-ortho nitro benzene ring substituents is 2. The van der Waals surface area contributed by atoms with Crippen LogP contribution in [0.2, 0.25) is 0 Å². The van der Waals surface area contributed by atoms with Crippen LogP contribution < -0.4 is 11.5 Å². The van der Waals surface area contributed by atoms with Crippen molar-refractivity contribution in [3.05, 3.63) is 105 Å². The number of nitrogen functional groups attached to an aromatic ring is 2. The molecule has 186 valence electrons. The Balaban J connectivity index is 1.44. The number of benzene rings is 3. The summed E-state index contributed by atoms with van der Waals surface area (Å²) in [5.41, 5.74) is 16.9. The van der Waals surface area contributed by atoms with Gasteiger partial charge in [-0.25, -0.2) is 19.9 Å². The molecule has 0 saturated carbocycles. The normalized spacial score (nSPS) is 10.7. The summed E-state index contributed by atoms with van der Waals surface area (Å²) in [7, 11) is 0. The van der Waals surface area contributed by atoms with Crippen LogP contribution in [0.15, 0.2) is 84.9 Å². The number of nitrogens with two attached hydrogens (primary N) is 2.